The van der Waals surface area contributed by atoms with Crippen molar-refractivity contribution in [3.05, 3.63) is 41.4 Å². The van der Waals surface area contributed by atoms with Gasteiger partial charge in [-0.3, -0.25) is 4.68 Å². The van der Waals surface area contributed by atoms with Gasteiger partial charge in [-0.2, -0.15) is 23.3 Å². The molecule has 8 nitrogen and oxygen atoms in total. The summed E-state index contributed by atoms with van der Waals surface area (Å²) in [7, 11) is 0. The first-order chi connectivity index (χ1) is 13.4. The van der Waals surface area contributed by atoms with Crippen LogP contribution in [0.25, 0.3) is 0 Å². The maximum absolute atomic E-state index is 13.1. The first-order valence-corrected chi connectivity index (χ1v) is 8.89. The van der Waals surface area contributed by atoms with Crippen molar-refractivity contribution in [3.8, 4) is 0 Å². The number of aromatic amines is 1. The Morgan fingerprint density at radius 3 is 2.89 bits per heavy atom. The van der Waals surface area contributed by atoms with Crippen LogP contribution in [-0.4, -0.2) is 36.3 Å². The zero-order valence-corrected chi connectivity index (χ0v) is 15.3. The molecule has 0 spiro atoms. The standard InChI is InChI=1S/C17H19F3N8/c1-3-21-15-10(17(18,19)20)6-22-16(26-15)25-12-7-28(27-9(12)2)13-5-4-11-14(13)24-8-23-11/h6-8,13H,3-5H2,1-2H3,(H,23,24)(H2,21,22,25,26)/t13-/m1/s1. The Bertz CT molecular complexity index is 991. The Hall–Kier alpha value is -3.11. The largest absolute Gasteiger partial charge is 0.421 e. The average Bonchev–Trinajstić information content (AvgIpc) is 3.31. The SMILES string of the molecule is CCNc1nc(Nc2cn([C@@H]3CCc4[nH]cnc43)nc2C)ncc1C(F)(F)F. The van der Waals surface area contributed by atoms with E-state index in [0.29, 0.717) is 17.9 Å². The zero-order chi connectivity index (χ0) is 19.9. The second kappa shape index (κ2) is 6.80. The van der Waals surface area contributed by atoms with Crippen LogP contribution < -0.4 is 10.6 Å². The third-order valence-electron chi connectivity index (χ3n) is 4.66. The highest BCUT2D eigenvalue weighted by atomic mass is 19.4. The third kappa shape index (κ3) is 3.27. The van der Waals surface area contributed by atoms with Gasteiger partial charge in [0.05, 0.1) is 29.4 Å². The normalized spacial score (nSPS) is 16.2. The molecule has 0 aliphatic heterocycles. The van der Waals surface area contributed by atoms with Crippen LogP contribution in [0.2, 0.25) is 0 Å². The fraction of sp³-hybridized carbons (Fsp3) is 0.412. The lowest BCUT2D eigenvalue weighted by atomic mass is 10.2. The number of hydrogen-bond acceptors (Lipinski definition) is 6. The van der Waals surface area contributed by atoms with Crippen molar-refractivity contribution in [2.45, 2.75) is 38.9 Å². The van der Waals surface area contributed by atoms with Crippen molar-refractivity contribution in [1.82, 2.24) is 29.7 Å². The Balaban J connectivity index is 1.60. The van der Waals surface area contributed by atoms with Gasteiger partial charge < -0.3 is 15.6 Å². The summed E-state index contributed by atoms with van der Waals surface area (Å²) < 4.78 is 41.1. The Kier molecular flexibility index (Phi) is 4.44. The molecule has 28 heavy (non-hydrogen) atoms. The van der Waals surface area contributed by atoms with E-state index in [4.69, 9.17) is 0 Å². The highest BCUT2D eigenvalue weighted by Crippen LogP contribution is 2.35. The lowest BCUT2D eigenvalue weighted by molar-refractivity contribution is -0.137. The van der Waals surface area contributed by atoms with Crippen LogP contribution in [0.3, 0.4) is 0 Å². The van der Waals surface area contributed by atoms with Gasteiger partial charge in [0.25, 0.3) is 0 Å². The molecule has 0 unspecified atom stereocenters. The molecule has 0 saturated heterocycles. The lowest BCUT2D eigenvalue weighted by Gasteiger charge is -2.13. The van der Waals surface area contributed by atoms with E-state index in [2.05, 4.69) is 35.7 Å². The third-order valence-corrected chi connectivity index (χ3v) is 4.66. The van der Waals surface area contributed by atoms with E-state index in [9.17, 15) is 13.2 Å². The smallest absolute Gasteiger partial charge is 0.370 e. The molecule has 0 saturated carbocycles. The van der Waals surface area contributed by atoms with Gasteiger partial charge in [-0.1, -0.05) is 0 Å². The highest BCUT2D eigenvalue weighted by Gasteiger charge is 2.35. The number of nitrogens with one attached hydrogen (secondary N) is 3. The van der Waals surface area contributed by atoms with Crippen molar-refractivity contribution < 1.29 is 13.2 Å². The number of H-pyrrole nitrogens is 1. The molecule has 0 bridgehead atoms. The van der Waals surface area contributed by atoms with E-state index in [1.54, 1.807) is 19.4 Å². The van der Waals surface area contributed by atoms with E-state index < -0.39 is 11.7 Å². The molecule has 1 aliphatic rings. The number of rotatable bonds is 5. The zero-order valence-electron chi connectivity index (χ0n) is 15.3. The van der Waals surface area contributed by atoms with Crippen molar-refractivity contribution in [3.63, 3.8) is 0 Å². The Labute approximate surface area is 158 Å². The summed E-state index contributed by atoms with van der Waals surface area (Å²) in [5, 5.41) is 10.1. The molecule has 0 fully saturated rings. The minimum atomic E-state index is -4.53. The van der Waals surface area contributed by atoms with Crippen LogP contribution in [0.1, 0.15) is 42.0 Å². The van der Waals surface area contributed by atoms with Crippen LogP contribution in [-0.2, 0) is 12.6 Å². The topological polar surface area (TPSA) is 96.3 Å². The molecule has 3 aromatic heterocycles. The summed E-state index contributed by atoms with van der Waals surface area (Å²) in [6.07, 6.45) is 1.51. The fourth-order valence-electron chi connectivity index (χ4n) is 3.33. The van der Waals surface area contributed by atoms with Crippen LogP contribution in [0.5, 0.6) is 0 Å². The van der Waals surface area contributed by atoms with E-state index in [1.807, 2.05) is 11.6 Å². The first-order valence-electron chi connectivity index (χ1n) is 8.89. The number of hydrogen-bond donors (Lipinski definition) is 3. The molecule has 4 rings (SSSR count). The van der Waals surface area contributed by atoms with Crippen molar-refractivity contribution in [1.29, 1.82) is 0 Å². The van der Waals surface area contributed by atoms with Gasteiger partial charge in [-0.15, -0.1) is 0 Å². The van der Waals surface area contributed by atoms with Gasteiger partial charge in [0.15, 0.2) is 0 Å². The number of imidazole rings is 1. The second-order valence-corrected chi connectivity index (χ2v) is 6.54. The molecule has 3 N–H and O–H groups in total. The summed E-state index contributed by atoms with van der Waals surface area (Å²) in [4.78, 5) is 15.3. The lowest BCUT2D eigenvalue weighted by Crippen LogP contribution is -2.14. The molecule has 1 atom stereocenters. The molecule has 1 aliphatic carbocycles. The molecular formula is C17H19F3N8. The van der Waals surface area contributed by atoms with E-state index >= 15 is 0 Å². The maximum atomic E-state index is 13.1. The number of aryl methyl sites for hydroxylation is 2. The van der Waals surface area contributed by atoms with Crippen LogP contribution in [0, 0.1) is 6.92 Å². The molecule has 11 heteroatoms. The van der Waals surface area contributed by atoms with E-state index in [-0.39, 0.29) is 17.8 Å². The second-order valence-electron chi connectivity index (χ2n) is 6.54. The van der Waals surface area contributed by atoms with Gasteiger partial charge in [0.1, 0.15) is 11.4 Å². The molecule has 0 amide bonds. The first kappa shape index (κ1) is 18.3. The minimum Gasteiger partial charge on any atom is -0.370 e. The fourth-order valence-corrected chi connectivity index (χ4v) is 3.33. The van der Waals surface area contributed by atoms with E-state index in [0.717, 1.165) is 30.4 Å². The van der Waals surface area contributed by atoms with Gasteiger partial charge in [0.2, 0.25) is 5.95 Å². The number of nitrogens with zero attached hydrogens (tertiary/aromatic N) is 5. The van der Waals surface area contributed by atoms with Crippen LogP contribution >= 0.6 is 0 Å². The predicted octanol–water partition coefficient (Wildman–Crippen LogP) is 3.43. The number of fused-ring (bicyclic) bond motifs is 1. The molecular weight excluding hydrogens is 373 g/mol. The Morgan fingerprint density at radius 2 is 2.14 bits per heavy atom. The molecule has 3 aromatic rings. The summed E-state index contributed by atoms with van der Waals surface area (Å²) >= 11 is 0. The molecule has 3 heterocycles. The summed E-state index contributed by atoms with van der Waals surface area (Å²) in [5.74, 6) is -0.187. The number of halogens is 3. The van der Waals surface area contributed by atoms with Gasteiger partial charge in [0, 0.05) is 24.6 Å². The monoisotopic (exact) mass is 392 g/mol. The van der Waals surface area contributed by atoms with Crippen LogP contribution in [0.15, 0.2) is 18.7 Å². The van der Waals surface area contributed by atoms with Gasteiger partial charge >= 0.3 is 6.18 Å². The highest BCUT2D eigenvalue weighted by molar-refractivity contribution is 5.58. The van der Waals surface area contributed by atoms with Gasteiger partial charge in [-0.25, -0.2) is 9.97 Å². The summed E-state index contributed by atoms with van der Waals surface area (Å²) in [6, 6.07) is 0.0290. The molecule has 0 radical (unpaired) electrons. The molecule has 0 aromatic carbocycles. The maximum Gasteiger partial charge on any atom is 0.421 e. The van der Waals surface area contributed by atoms with Crippen molar-refractivity contribution in [2.75, 3.05) is 17.2 Å². The quantitative estimate of drug-likeness (QED) is 0.616. The summed E-state index contributed by atoms with van der Waals surface area (Å²) in [6.45, 7) is 3.83. The van der Waals surface area contributed by atoms with Crippen molar-refractivity contribution in [2.24, 2.45) is 0 Å². The number of anilines is 3. The predicted molar refractivity (Wildman–Crippen MR) is 96.5 cm³/mol. The number of aromatic nitrogens is 6. The van der Waals surface area contributed by atoms with Crippen molar-refractivity contribution >= 4 is 17.5 Å². The molecule has 148 valence electrons. The number of alkyl halides is 3. The van der Waals surface area contributed by atoms with E-state index in [1.165, 1.54) is 0 Å². The Morgan fingerprint density at radius 1 is 1.32 bits per heavy atom. The summed E-state index contributed by atoms with van der Waals surface area (Å²) in [5.41, 5.74) is 2.50. The van der Waals surface area contributed by atoms with Crippen LogP contribution in [0.4, 0.5) is 30.6 Å². The van der Waals surface area contributed by atoms with Gasteiger partial charge in [-0.05, 0) is 26.7 Å². The average molecular weight is 392 g/mol. The minimum absolute atomic E-state index is 0.0290.